The largest absolute Gasteiger partial charge is 0.416 e. The van der Waals surface area contributed by atoms with E-state index in [0.717, 1.165) is 46.2 Å². The Hall–Kier alpha value is -2.97. The SMILES string of the molecule is O=C(Oc1ccc2c(ccc3sc4c(c32)NC=CN=C4)n1)N1CC2CCC1CN2. The Labute approximate surface area is 171 Å². The lowest BCUT2D eigenvalue weighted by atomic mass is 9.94. The van der Waals surface area contributed by atoms with Gasteiger partial charge in [0.25, 0.3) is 0 Å². The number of aliphatic imine (C=N–C) groups is 1. The minimum atomic E-state index is -0.304. The number of amides is 1. The summed E-state index contributed by atoms with van der Waals surface area (Å²) in [5, 5.41) is 8.92. The Morgan fingerprint density at radius 3 is 3.03 bits per heavy atom. The molecule has 1 amide bonds. The molecule has 4 aliphatic heterocycles. The van der Waals surface area contributed by atoms with E-state index in [2.05, 4.69) is 26.7 Å². The van der Waals surface area contributed by atoms with Crippen LogP contribution in [0.2, 0.25) is 0 Å². The van der Waals surface area contributed by atoms with Crippen LogP contribution in [0.15, 0.2) is 41.7 Å². The summed E-state index contributed by atoms with van der Waals surface area (Å²) in [6, 6.07) is 8.40. The van der Waals surface area contributed by atoms with E-state index < -0.39 is 0 Å². The number of hydrogen-bond donors (Lipinski definition) is 2. The van der Waals surface area contributed by atoms with Crippen LogP contribution in [0.4, 0.5) is 10.5 Å². The quantitative estimate of drug-likeness (QED) is 0.645. The van der Waals surface area contributed by atoms with Crippen molar-refractivity contribution < 1.29 is 9.53 Å². The zero-order valence-corrected chi connectivity index (χ0v) is 16.4. The van der Waals surface area contributed by atoms with E-state index in [0.29, 0.717) is 18.5 Å². The molecule has 3 aromatic rings. The van der Waals surface area contributed by atoms with Crippen LogP contribution in [0.25, 0.3) is 21.0 Å². The van der Waals surface area contributed by atoms with Crippen LogP contribution >= 0.6 is 11.3 Å². The van der Waals surface area contributed by atoms with Gasteiger partial charge in [0.1, 0.15) is 0 Å². The first kappa shape index (κ1) is 16.9. The molecular weight excluding hydrogens is 386 g/mol. The molecule has 0 saturated carbocycles. The summed E-state index contributed by atoms with van der Waals surface area (Å²) in [5.74, 6) is 0.340. The number of piperazine rings is 1. The van der Waals surface area contributed by atoms with Crippen molar-refractivity contribution in [3.8, 4) is 5.88 Å². The van der Waals surface area contributed by atoms with Crippen molar-refractivity contribution in [2.45, 2.75) is 24.9 Å². The summed E-state index contributed by atoms with van der Waals surface area (Å²) in [4.78, 5) is 24.5. The fourth-order valence-corrected chi connectivity index (χ4v) is 5.51. The van der Waals surface area contributed by atoms with Gasteiger partial charge in [0.05, 0.1) is 16.1 Å². The van der Waals surface area contributed by atoms with E-state index in [1.165, 1.54) is 4.70 Å². The number of fused-ring (bicyclic) bond motifs is 8. The van der Waals surface area contributed by atoms with Crippen LogP contribution in [0.5, 0.6) is 5.88 Å². The van der Waals surface area contributed by atoms with E-state index in [1.807, 2.05) is 29.4 Å². The zero-order valence-electron chi connectivity index (χ0n) is 15.6. The first-order valence-corrected chi connectivity index (χ1v) is 10.6. The number of hydrogen-bond acceptors (Lipinski definition) is 7. The number of rotatable bonds is 1. The van der Waals surface area contributed by atoms with Gasteiger partial charge in [-0.05, 0) is 31.0 Å². The van der Waals surface area contributed by atoms with Gasteiger partial charge in [-0.25, -0.2) is 9.78 Å². The molecule has 3 saturated heterocycles. The molecule has 0 aliphatic carbocycles. The number of ether oxygens (including phenoxy) is 1. The number of nitrogens with one attached hydrogen (secondary N) is 2. The van der Waals surface area contributed by atoms with Crippen LogP contribution < -0.4 is 15.4 Å². The fourth-order valence-electron chi connectivity index (χ4n) is 4.45. The van der Waals surface area contributed by atoms with E-state index in [-0.39, 0.29) is 12.1 Å². The molecule has 2 aromatic heterocycles. The molecule has 8 heteroatoms. The smallest absolute Gasteiger partial charge is 0.391 e. The van der Waals surface area contributed by atoms with Crippen molar-refractivity contribution in [2.24, 2.45) is 4.99 Å². The Balaban J connectivity index is 1.34. The van der Waals surface area contributed by atoms with E-state index in [9.17, 15) is 4.79 Å². The number of nitrogens with zero attached hydrogens (tertiary/aromatic N) is 3. The summed E-state index contributed by atoms with van der Waals surface area (Å²) < 4.78 is 6.81. The molecule has 3 fully saturated rings. The molecule has 0 radical (unpaired) electrons. The predicted molar refractivity (Wildman–Crippen MR) is 115 cm³/mol. The summed E-state index contributed by atoms with van der Waals surface area (Å²) in [5.41, 5.74) is 1.84. The molecule has 4 aliphatic rings. The lowest BCUT2D eigenvalue weighted by Crippen LogP contribution is -2.62. The fraction of sp³-hybridized carbons (Fsp3) is 0.286. The number of anilines is 1. The molecule has 0 spiro atoms. The van der Waals surface area contributed by atoms with Gasteiger partial charge in [0.15, 0.2) is 0 Å². The number of thiophene rings is 1. The van der Waals surface area contributed by atoms with Crippen LogP contribution in [0.3, 0.4) is 0 Å². The molecule has 29 heavy (non-hydrogen) atoms. The maximum absolute atomic E-state index is 12.7. The van der Waals surface area contributed by atoms with Gasteiger partial charge >= 0.3 is 6.09 Å². The van der Waals surface area contributed by atoms with E-state index in [4.69, 9.17) is 4.74 Å². The Bertz CT molecular complexity index is 1190. The lowest BCUT2D eigenvalue weighted by Gasteiger charge is -2.44. The normalized spacial score (nSPS) is 22.6. The van der Waals surface area contributed by atoms with Gasteiger partial charge < -0.3 is 20.3 Å². The van der Waals surface area contributed by atoms with Crippen molar-refractivity contribution in [2.75, 3.05) is 18.4 Å². The van der Waals surface area contributed by atoms with Crippen LogP contribution in [0, 0.1) is 0 Å². The maximum Gasteiger partial charge on any atom is 0.416 e. The van der Waals surface area contributed by atoms with Gasteiger partial charge in [-0.3, -0.25) is 4.99 Å². The topological polar surface area (TPSA) is 78.8 Å². The average molecular weight is 405 g/mol. The summed E-state index contributed by atoms with van der Waals surface area (Å²) in [6.07, 6.45) is 7.29. The minimum absolute atomic E-state index is 0.217. The van der Waals surface area contributed by atoms with Gasteiger partial charge in [-0.1, -0.05) is 0 Å². The van der Waals surface area contributed by atoms with E-state index in [1.54, 1.807) is 23.6 Å². The average Bonchev–Trinajstić information content (AvgIpc) is 2.96. The zero-order chi connectivity index (χ0) is 19.4. The Morgan fingerprint density at radius 1 is 1.24 bits per heavy atom. The van der Waals surface area contributed by atoms with Crippen molar-refractivity contribution in [3.63, 3.8) is 0 Å². The standard InChI is InChI=1S/C21H19N5O2S/c27-21(26-11-12-1-2-13(26)9-24-12)28-18-6-3-14-15(25-18)4-5-16-19(14)20-17(29-16)10-22-7-8-23-20/h3-8,10,12-13,23-24H,1-2,9,11H2. The highest BCUT2D eigenvalue weighted by atomic mass is 32.1. The second-order valence-electron chi connectivity index (χ2n) is 7.59. The number of pyridine rings is 1. The summed E-state index contributed by atoms with van der Waals surface area (Å²) >= 11 is 1.69. The highest BCUT2D eigenvalue weighted by molar-refractivity contribution is 7.21. The number of piperidine rings is 2. The number of benzene rings is 1. The van der Waals surface area contributed by atoms with Crippen LogP contribution in [0.1, 0.15) is 17.7 Å². The first-order chi connectivity index (χ1) is 14.3. The Kier molecular flexibility index (Phi) is 3.82. The molecule has 146 valence electrons. The van der Waals surface area contributed by atoms with Crippen molar-refractivity contribution in [1.29, 1.82) is 0 Å². The number of aromatic nitrogens is 1. The second-order valence-corrected chi connectivity index (χ2v) is 8.67. The highest BCUT2D eigenvalue weighted by Crippen LogP contribution is 2.40. The van der Waals surface area contributed by atoms with Crippen LogP contribution in [-0.4, -0.2) is 47.4 Å². The highest BCUT2D eigenvalue weighted by Gasteiger charge is 2.37. The molecule has 1 aromatic carbocycles. The molecule has 2 bridgehead atoms. The third-order valence-electron chi connectivity index (χ3n) is 5.88. The summed E-state index contributed by atoms with van der Waals surface area (Å²) in [7, 11) is 0. The minimum Gasteiger partial charge on any atom is -0.391 e. The number of carbonyl (C=O) groups is 1. The maximum atomic E-state index is 12.7. The van der Waals surface area contributed by atoms with Gasteiger partial charge in [-0.15, -0.1) is 11.3 Å². The molecule has 6 heterocycles. The molecule has 2 atom stereocenters. The molecule has 7 rings (SSSR count). The van der Waals surface area contributed by atoms with Crippen molar-refractivity contribution in [1.82, 2.24) is 15.2 Å². The monoisotopic (exact) mass is 405 g/mol. The summed E-state index contributed by atoms with van der Waals surface area (Å²) in [6.45, 7) is 1.55. The van der Waals surface area contributed by atoms with Crippen LogP contribution in [-0.2, 0) is 0 Å². The van der Waals surface area contributed by atoms with Gasteiger partial charge in [-0.2, -0.15) is 0 Å². The lowest BCUT2D eigenvalue weighted by molar-refractivity contribution is 0.0712. The molecule has 7 nitrogen and oxygen atoms in total. The van der Waals surface area contributed by atoms with Crippen molar-refractivity contribution in [3.05, 3.63) is 41.5 Å². The third-order valence-corrected chi connectivity index (χ3v) is 6.97. The predicted octanol–water partition coefficient (Wildman–Crippen LogP) is 3.70. The second kappa shape index (κ2) is 6.53. The Morgan fingerprint density at radius 2 is 2.21 bits per heavy atom. The van der Waals surface area contributed by atoms with Crippen molar-refractivity contribution >= 4 is 50.3 Å². The molecule has 2 N–H and O–H groups in total. The van der Waals surface area contributed by atoms with Gasteiger partial charge in [0, 0.05) is 65.3 Å². The molecular formula is C21H19N5O2S. The molecule has 2 unspecified atom stereocenters. The first-order valence-electron chi connectivity index (χ1n) is 9.79. The van der Waals surface area contributed by atoms with E-state index >= 15 is 0 Å². The number of carbonyl (C=O) groups excluding carboxylic acids is 1. The van der Waals surface area contributed by atoms with Gasteiger partial charge in [0.2, 0.25) is 5.88 Å². The third kappa shape index (κ3) is 2.79.